The van der Waals surface area contributed by atoms with Gasteiger partial charge in [0.05, 0.1) is 42.7 Å². The van der Waals surface area contributed by atoms with Crippen molar-refractivity contribution < 1.29 is 71.7 Å². The molecule has 0 saturated heterocycles. The Balaban J connectivity index is 2.59. The lowest BCUT2D eigenvalue weighted by Crippen LogP contribution is -2.50. The van der Waals surface area contributed by atoms with Crippen molar-refractivity contribution in [2.45, 2.75) is 154 Å². The largest absolute Gasteiger partial charge is 0.458 e. The number of hydrogen-bond acceptors (Lipinski definition) is 15. The van der Waals surface area contributed by atoms with Gasteiger partial charge in [-0.2, -0.15) is 0 Å². The SMILES string of the molecule is CO[C@H]([C@H](C)[C@H]1OC(=O)/C=C/C=C(\C)C[C@H](OC)[C@H](OC)C2=CC(=O)O[C@@H]([C@H](C)[C@H](OC)C[C@@H](OC)/C=C/[C@H](C)[C@@H](OC)C[C@@H](OC)/C=C/[C@@H]1C)[C@H]2O)[C@@H](C)CCC(=O)[C@H](C)[C@@H](C/C=C/NC=O)OC. The first-order chi connectivity index (χ1) is 33.4. The van der Waals surface area contributed by atoms with Gasteiger partial charge in [0.25, 0.3) is 0 Å². The fourth-order valence-corrected chi connectivity index (χ4v) is 9.64. The van der Waals surface area contributed by atoms with Gasteiger partial charge >= 0.3 is 11.9 Å². The summed E-state index contributed by atoms with van der Waals surface area (Å²) >= 11 is 0. The zero-order chi connectivity index (χ0) is 52.5. The summed E-state index contributed by atoms with van der Waals surface area (Å²) in [7, 11) is 12.7. The van der Waals surface area contributed by atoms with Crippen LogP contribution in [0.2, 0.25) is 0 Å². The number of amides is 1. The third-order valence-corrected chi connectivity index (χ3v) is 14.1. The van der Waals surface area contributed by atoms with Crippen LogP contribution in [0.4, 0.5) is 0 Å². The lowest BCUT2D eigenvalue weighted by Gasteiger charge is -2.39. The Morgan fingerprint density at radius 3 is 1.97 bits per heavy atom. The minimum atomic E-state index is -1.22. The first-order valence-corrected chi connectivity index (χ1v) is 24.5. The van der Waals surface area contributed by atoms with Gasteiger partial charge in [0.15, 0.2) is 0 Å². The number of nitrogens with one attached hydrogen (secondary N) is 1. The topological polar surface area (TPSA) is 193 Å². The number of cyclic esters (lactones) is 1. The summed E-state index contributed by atoms with van der Waals surface area (Å²) in [5.41, 5.74) is 1.15. The van der Waals surface area contributed by atoms with Crippen LogP contribution in [0.5, 0.6) is 0 Å². The van der Waals surface area contributed by atoms with E-state index in [0.29, 0.717) is 50.5 Å². The highest BCUT2D eigenvalue weighted by atomic mass is 16.6. The second kappa shape index (κ2) is 33.0. The van der Waals surface area contributed by atoms with Crippen LogP contribution in [0.3, 0.4) is 0 Å². The van der Waals surface area contributed by atoms with E-state index in [2.05, 4.69) is 12.2 Å². The molecule has 0 aromatic carbocycles. The molecule has 0 saturated carbocycles. The maximum atomic E-state index is 13.8. The maximum absolute atomic E-state index is 13.8. The van der Waals surface area contributed by atoms with E-state index in [1.54, 1.807) is 60.9 Å². The van der Waals surface area contributed by atoms with E-state index in [1.165, 1.54) is 32.6 Å². The normalized spacial score (nSPS) is 33.5. The summed E-state index contributed by atoms with van der Waals surface area (Å²) in [4.78, 5) is 51.0. The molecule has 17 atom stereocenters. The van der Waals surface area contributed by atoms with Gasteiger partial charge < -0.3 is 57.8 Å². The average molecular weight is 990 g/mol. The van der Waals surface area contributed by atoms with Crippen molar-refractivity contribution in [3.05, 3.63) is 72.0 Å². The number of esters is 2. The number of Topliss-reactive ketones (excluding diaryl/α,β-unsaturated/α-hetero) is 1. The molecule has 0 aliphatic carbocycles. The molecular weight excluding hydrogens is 903 g/mol. The number of allylic oxidation sites excluding steroid dienone is 2. The molecule has 2 aliphatic rings. The Hall–Kier alpha value is -3.84. The summed E-state index contributed by atoms with van der Waals surface area (Å²) in [6, 6.07) is 0. The monoisotopic (exact) mass is 990 g/mol. The molecule has 16 nitrogen and oxygen atoms in total. The second-order valence-electron chi connectivity index (χ2n) is 18.8. The van der Waals surface area contributed by atoms with Crippen LogP contribution in [0, 0.1) is 35.5 Å². The number of carbonyl (C=O) groups excluding carboxylic acids is 4. The molecule has 398 valence electrons. The minimum absolute atomic E-state index is 0.0501. The smallest absolute Gasteiger partial charge is 0.331 e. The van der Waals surface area contributed by atoms with E-state index >= 15 is 0 Å². The number of fused-ring (bicyclic) bond motifs is 2. The van der Waals surface area contributed by atoms with Crippen LogP contribution in [0.1, 0.15) is 87.0 Å². The Bertz CT molecular complexity index is 1760. The number of rotatable bonds is 20. The first kappa shape index (κ1) is 62.3. The minimum Gasteiger partial charge on any atom is -0.458 e. The predicted octanol–water partition coefficient (Wildman–Crippen LogP) is 6.85. The standard InChI is InChI=1S/C54H87NO15/c1-33-18-16-20-48(58)69-52(39(7)51(67-14)35(3)23-26-43(57)37(5)44(63-10)19-17-27-55-32-56)36(4)22-25-40(61-8)29-45(64-11)34(2)21-24-41(62-9)30-46(65-12)38(6)53-50(60)42(31-49(59)70-53)54(68-15)47(28-33)66-13/h16-18,20-22,24-25,27,31-32,34-41,44-47,50-54,60H,19,23,26,28-30H2,1-15H3,(H,55,56)/b20-16+,24-21+,25-22+,27-17+,33-18+/t34-,35-,36-,37-,38+,39-,40-,41-,44+,45-,46+,47-,50-,51-,52-,53-,54+/m0/s1. The van der Waals surface area contributed by atoms with Crippen LogP contribution in [0.25, 0.3) is 0 Å². The molecule has 2 rings (SSSR count). The van der Waals surface area contributed by atoms with Crippen molar-refractivity contribution in [3.8, 4) is 0 Å². The molecule has 16 heteroatoms. The molecule has 0 aromatic rings. The van der Waals surface area contributed by atoms with E-state index in [9.17, 15) is 24.3 Å². The fraction of sp³-hybridized carbons (Fsp3) is 0.704. The molecule has 0 spiro atoms. The third kappa shape index (κ3) is 19.3. The van der Waals surface area contributed by atoms with Gasteiger partial charge in [-0.3, -0.25) is 9.59 Å². The van der Waals surface area contributed by atoms with Crippen molar-refractivity contribution >= 4 is 24.1 Å². The van der Waals surface area contributed by atoms with E-state index in [4.69, 9.17) is 47.4 Å². The summed E-state index contributed by atoms with van der Waals surface area (Å²) < 4.78 is 59.5. The van der Waals surface area contributed by atoms with Crippen molar-refractivity contribution in [2.75, 3.05) is 56.9 Å². The number of aliphatic hydroxyl groups excluding tert-OH is 1. The van der Waals surface area contributed by atoms with E-state index in [-0.39, 0.29) is 59.8 Å². The van der Waals surface area contributed by atoms with E-state index < -0.39 is 60.6 Å². The van der Waals surface area contributed by atoms with Crippen LogP contribution in [-0.2, 0) is 66.5 Å². The highest BCUT2D eigenvalue weighted by Crippen LogP contribution is 2.34. The Labute approximate surface area is 418 Å². The molecule has 2 bridgehead atoms. The van der Waals surface area contributed by atoms with Gasteiger partial charge in [-0.15, -0.1) is 0 Å². The number of hydrogen-bond donors (Lipinski definition) is 2. The average Bonchev–Trinajstić information content (AvgIpc) is 3.35. The number of carbonyl (C=O) groups is 4. The molecule has 1 amide bonds. The van der Waals surface area contributed by atoms with Crippen LogP contribution in [-0.4, -0.2) is 153 Å². The Kier molecular flexibility index (Phi) is 29.4. The Morgan fingerprint density at radius 2 is 1.41 bits per heavy atom. The molecule has 2 aliphatic heterocycles. The van der Waals surface area contributed by atoms with E-state index in [0.717, 1.165) is 5.57 Å². The number of ketones is 1. The van der Waals surface area contributed by atoms with Crippen LogP contribution < -0.4 is 5.32 Å². The molecule has 0 unspecified atom stereocenters. The number of ether oxygens (including phenoxy) is 10. The summed E-state index contributed by atoms with van der Waals surface area (Å²) in [6.45, 7) is 13.7. The third-order valence-electron chi connectivity index (χ3n) is 14.1. The number of methoxy groups -OCH3 is 8. The van der Waals surface area contributed by atoms with Crippen molar-refractivity contribution in [1.82, 2.24) is 5.32 Å². The fourth-order valence-electron chi connectivity index (χ4n) is 9.64. The molecule has 2 N–H and O–H groups in total. The quantitative estimate of drug-likeness (QED) is 0.0731. The summed E-state index contributed by atoms with van der Waals surface area (Å²) in [6.07, 6.45) is 13.9. The van der Waals surface area contributed by atoms with Crippen LogP contribution in [0.15, 0.2) is 72.0 Å². The van der Waals surface area contributed by atoms with Gasteiger partial charge in [-0.1, -0.05) is 89.6 Å². The van der Waals surface area contributed by atoms with Gasteiger partial charge in [-0.05, 0) is 38.3 Å². The zero-order valence-electron chi connectivity index (χ0n) is 44.6. The molecule has 2 heterocycles. The molecule has 70 heavy (non-hydrogen) atoms. The molecule has 0 fully saturated rings. The lowest BCUT2D eigenvalue weighted by molar-refractivity contribution is -0.162. The zero-order valence-corrected chi connectivity index (χ0v) is 44.6. The van der Waals surface area contributed by atoms with Crippen molar-refractivity contribution in [1.29, 1.82) is 0 Å². The van der Waals surface area contributed by atoms with Crippen LogP contribution >= 0.6 is 0 Å². The summed E-state index contributed by atoms with van der Waals surface area (Å²) in [5.74, 6) is -2.76. The van der Waals surface area contributed by atoms with Gasteiger partial charge in [-0.25, -0.2) is 9.59 Å². The van der Waals surface area contributed by atoms with Crippen molar-refractivity contribution in [2.24, 2.45) is 35.5 Å². The molecule has 0 radical (unpaired) electrons. The highest BCUT2D eigenvalue weighted by Gasteiger charge is 2.43. The van der Waals surface area contributed by atoms with Crippen molar-refractivity contribution in [3.63, 3.8) is 0 Å². The highest BCUT2D eigenvalue weighted by molar-refractivity contribution is 5.84. The molecular formula is C54H87NO15. The van der Waals surface area contributed by atoms with Gasteiger partial charge in [0.1, 0.15) is 30.2 Å². The van der Waals surface area contributed by atoms with Gasteiger partial charge in [0.2, 0.25) is 6.41 Å². The first-order valence-electron chi connectivity index (χ1n) is 24.5. The Morgan fingerprint density at radius 1 is 0.800 bits per heavy atom. The predicted molar refractivity (Wildman–Crippen MR) is 267 cm³/mol. The molecule has 0 aromatic heterocycles. The van der Waals surface area contributed by atoms with E-state index in [1.807, 2.05) is 65.8 Å². The second-order valence-corrected chi connectivity index (χ2v) is 18.8. The van der Waals surface area contributed by atoms with Gasteiger partial charge in [0, 0.05) is 123 Å². The maximum Gasteiger partial charge on any atom is 0.331 e. The number of aliphatic hydroxyl groups is 1. The lowest BCUT2D eigenvalue weighted by atomic mass is 9.81. The summed E-state index contributed by atoms with van der Waals surface area (Å²) in [5, 5.41) is 14.3.